The van der Waals surface area contributed by atoms with Crippen LogP contribution in [0.5, 0.6) is 0 Å². The van der Waals surface area contributed by atoms with Crippen molar-refractivity contribution in [3.05, 3.63) is 27.5 Å². The molecule has 1 N–H and O–H groups in total. The summed E-state index contributed by atoms with van der Waals surface area (Å²) >= 11 is 1.28. The molecule has 1 atom stereocenters. The molecule has 0 fully saturated rings. The third kappa shape index (κ3) is 4.32. The maximum atomic E-state index is 13.2. The molecule has 0 saturated carbocycles. The van der Waals surface area contributed by atoms with E-state index in [0.29, 0.717) is 5.69 Å². The van der Waals surface area contributed by atoms with Gasteiger partial charge in [0.25, 0.3) is 0 Å². The number of rotatable bonds is 4. The normalized spacial score (nSPS) is 18.2. The van der Waals surface area contributed by atoms with Gasteiger partial charge in [0, 0.05) is 16.8 Å². The van der Waals surface area contributed by atoms with Gasteiger partial charge in [0.1, 0.15) is 4.88 Å². The molecule has 1 heterocycles. The van der Waals surface area contributed by atoms with Crippen LogP contribution >= 0.6 is 11.3 Å². The largest absolute Gasteiger partial charge is 0.477 e. The van der Waals surface area contributed by atoms with Crippen LogP contribution in [0.1, 0.15) is 75.4 Å². The Kier molecular flexibility index (Phi) is 5.77. The summed E-state index contributed by atoms with van der Waals surface area (Å²) in [6.45, 7) is 12.2. The summed E-state index contributed by atoms with van der Waals surface area (Å²) in [4.78, 5) is 27.9. The molecule has 0 unspecified atom stereocenters. The molecule has 1 aliphatic rings. The van der Waals surface area contributed by atoms with Gasteiger partial charge < -0.3 is 10.0 Å². The predicted molar refractivity (Wildman–Crippen MR) is 104 cm³/mol. The lowest BCUT2D eigenvalue weighted by Crippen LogP contribution is -2.42. The zero-order valence-corrected chi connectivity index (χ0v) is 16.9. The topological polar surface area (TPSA) is 57.6 Å². The number of nitrogens with zero attached hydrogens (tertiary/aromatic N) is 1. The molecule has 0 aliphatic heterocycles. The van der Waals surface area contributed by atoms with Crippen LogP contribution in [0.4, 0.5) is 5.69 Å². The van der Waals surface area contributed by atoms with Gasteiger partial charge >= 0.3 is 5.97 Å². The molecule has 1 aromatic heterocycles. The highest BCUT2D eigenvalue weighted by Crippen LogP contribution is 2.39. The lowest BCUT2D eigenvalue weighted by molar-refractivity contribution is -0.123. The van der Waals surface area contributed by atoms with Gasteiger partial charge in [-0.15, -0.1) is 11.3 Å². The number of carboxylic acid groups (broad SMARTS) is 1. The number of aromatic carboxylic acids is 1. The van der Waals surface area contributed by atoms with Gasteiger partial charge in [0.15, 0.2) is 0 Å². The second kappa shape index (κ2) is 7.32. The molecule has 0 saturated heterocycles. The minimum atomic E-state index is -0.965. The van der Waals surface area contributed by atoms with E-state index in [-0.39, 0.29) is 28.2 Å². The third-order valence-corrected chi connectivity index (χ3v) is 6.18. The monoisotopic (exact) mass is 363 g/mol. The zero-order valence-electron chi connectivity index (χ0n) is 16.0. The van der Waals surface area contributed by atoms with Crippen molar-refractivity contribution in [2.24, 2.45) is 5.92 Å². The van der Waals surface area contributed by atoms with Gasteiger partial charge in [0.2, 0.25) is 5.91 Å². The molecule has 2 rings (SSSR count). The summed E-state index contributed by atoms with van der Waals surface area (Å²) < 4.78 is 0. The maximum absolute atomic E-state index is 13.2. The van der Waals surface area contributed by atoms with Crippen molar-refractivity contribution in [1.29, 1.82) is 0 Å². The highest BCUT2D eigenvalue weighted by atomic mass is 32.1. The number of hydrogen-bond donors (Lipinski definition) is 1. The molecule has 4 nitrogen and oxygen atoms in total. The standard InChI is InChI=1S/C20H29NO3S/c1-12(2)21(18(22)14-9-7-13(3)8-10-14)15-11-16(20(4,5)6)25-17(15)19(23)24/h7,11-12,14H,8-10H2,1-6H3,(H,23,24)/t14-/m1/s1. The summed E-state index contributed by atoms with van der Waals surface area (Å²) in [5, 5.41) is 9.67. The third-order valence-electron chi connectivity index (χ3n) is 4.65. The highest BCUT2D eigenvalue weighted by Gasteiger charge is 2.33. The maximum Gasteiger partial charge on any atom is 0.348 e. The fourth-order valence-corrected chi connectivity index (χ4v) is 4.17. The zero-order chi connectivity index (χ0) is 18.9. The minimum absolute atomic E-state index is 0.0412. The molecule has 1 amide bonds. The Bertz CT molecular complexity index is 694. The quantitative estimate of drug-likeness (QED) is 0.745. The number of hydrogen-bond acceptors (Lipinski definition) is 3. The van der Waals surface area contributed by atoms with E-state index in [9.17, 15) is 14.7 Å². The minimum Gasteiger partial charge on any atom is -0.477 e. The molecule has 5 heteroatoms. The summed E-state index contributed by atoms with van der Waals surface area (Å²) in [5.41, 5.74) is 1.73. The van der Waals surface area contributed by atoms with Crippen molar-refractivity contribution < 1.29 is 14.7 Å². The highest BCUT2D eigenvalue weighted by molar-refractivity contribution is 7.14. The number of carboxylic acids is 1. The first-order valence-corrected chi connectivity index (χ1v) is 9.70. The Hall–Kier alpha value is -1.62. The second-order valence-electron chi connectivity index (χ2n) is 8.20. The first-order chi connectivity index (χ1) is 11.5. The molecule has 1 aromatic rings. The number of anilines is 1. The lowest BCUT2D eigenvalue weighted by atomic mass is 9.88. The average Bonchev–Trinajstić information content (AvgIpc) is 2.92. The predicted octanol–water partition coefficient (Wildman–Crippen LogP) is 5.23. The molecule has 0 aromatic carbocycles. The number of allylic oxidation sites excluding steroid dienone is 2. The smallest absolute Gasteiger partial charge is 0.348 e. The molecule has 0 bridgehead atoms. The van der Waals surface area contributed by atoms with Crippen molar-refractivity contribution in [2.45, 2.75) is 72.3 Å². The van der Waals surface area contributed by atoms with Crippen LogP contribution < -0.4 is 4.90 Å². The van der Waals surface area contributed by atoms with Gasteiger partial charge in [-0.3, -0.25) is 4.79 Å². The number of carbonyl (C=O) groups is 2. The van der Waals surface area contributed by atoms with E-state index in [1.807, 2.05) is 19.9 Å². The van der Waals surface area contributed by atoms with E-state index in [1.54, 1.807) is 4.90 Å². The van der Waals surface area contributed by atoms with Crippen molar-refractivity contribution in [3.8, 4) is 0 Å². The Morgan fingerprint density at radius 2 is 1.96 bits per heavy atom. The van der Waals surface area contributed by atoms with Crippen LogP contribution in [0, 0.1) is 5.92 Å². The van der Waals surface area contributed by atoms with Crippen LogP contribution in [0.2, 0.25) is 0 Å². The molecule has 0 spiro atoms. The summed E-state index contributed by atoms with van der Waals surface area (Å²) in [7, 11) is 0. The summed E-state index contributed by atoms with van der Waals surface area (Å²) in [6, 6.07) is 1.82. The second-order valence-corrected chi connectivity index (χ2v) is 9.26. The number of thiophene rings is 1. The van der Waals surface area contributed by atoms with Crippen LogP contribution in [0.15, 0.2) is 17.7 Å². The van der Waals surface area contributed by atoms with E-state index >= 15 is 0 Å². The van der Waals surface area contributed by atoms with Crippen LogP contribution in [-0.2, 0) is 10.2 Å². The fraction of sp³-hybridized carbons (Fsp3) is 0.600. The lowest BCUT2D eigenvalue weighted by Gasteiger charge is -2.31. The Balaban J connectivity index is 2.45. The van der Waals surface area contributed by atoms with E-state index in [1.165, 1.54) is 16.9 Å². The van der Waals surface area contributed by atoms with E-state index < -0.39 is 5.97 Å². The van der Waals surface area contributed by atoms with Gasteiger partial charge in [-0.2, -0.15) is 0 Å². The molecular weight excluding hydrogens is 334 g/mol. The Morgan fingerprint density at radius 3 is 2.40 bits per heavy atom. The van der Waals surface area contributed by atoms with E-state index in [4.69, 9.17) is 0 Å². The molecule has 1 aliphatic carbocycles. The van der Waals surface area contributed by atoms with Crippen molar-refractivity contribution in [3.63, 3.8) is 0 Å². The number of carbonyl (C=O) groups excluding carboxylic acids is 1. The van der Waals surface area contributed by atoms with Crippen LogP contribution in [0.25, 0.3) is 0 Å². The van der Waals surface area contributed by atoms with Crippen molar-refractivity contribution >= 4 is 28.9 Å². The van der Waals surface area contributed by atoms with Gasteiger partial charge in [-0.1, -0.05) is 32.4 Å². The van der Waals surface area contributed by atoms with Gasteiger partial charge in [0.05, 0.1) is 5.69 Å². The summed E-state index contributed by atoms with van der Waals surface area (Å²) in [6.07, 6.45) is 4.65. The molecule has 0 radical (unpaired) electrons. The SMILES string of the molecule is CC1=CC[C@@H](C(=O)N(c2cc(C(C)(C)C)sc2C(=O)O)C(C)C)CC1. The molecule has 25 heavy (non-hydrogen) atoms. The Morgan fingerprint density at radius 1 is 1.32 bits per heavy atom. The van der Waals surface area contributed by atoms with Gasteiger partial charge in [-0.05, 0) is 51.5 Å². The van der Waals surface area contributed by atoms with E-state index in [0.717, 1.165) is 24.1 Å². The fourth-order valence-electron chi connectivity index (χ4n) is 3.12. The van der Waals surface area contributed by atoms with Crippen molar-refractivity contribution in [1.82, 2.24) is 0 Å². The Labute approximate surface area is 154 Å². The molecule has 138 valence electrons. The number of amides is 1. The van der Waals surface area contributed by atoms with Crippen LogP contribution in [-0.4, -0.2) is 23.0 Å². The summed E-state index contributed by atoms with van der Waals surface area (Å²) in [5.74, 6) is -0.987. The van der Waals surface area contributed by atoms with Gasteiger partial charge in [-0.25, -0.2) is 4.79 Å². The molecular formula is C20H29NO3S. The average molecular weight is 364 g/mol. The van der Waals surface area contributed by atoms with E-state index in [2.05, 4.69) is 33.8 Å². The van der Waals surface area contributed by atoms with Crippen molar-refractivity contribution in [2.75, 3.05) is 4.90 Å². The van der Waals surface area contributed by atoms with Crippen LogP contribution in [0.3, 0.4) is 0 Å². The first kappa shape index (κ1) is 19.7. The first-order valence-electron chi connectivity index (χ1n) is 8.88.